The summed E-state index contributed by atoms with van der Waals surface area (Å²) in [5.74, 6) is 0. The number of fused-ring (bicyclic) bond motifs is 1. The highest BCUT2D eigenvalue weighted by molar-refractivity contribution is 6.31. The lowest BCUT2D eigenvalue weighted by atomic mass is 10.2. The second kappa shape index (κ2) is 8.04. The van der Waals surface area contributed by atoms with Crippen LogP contribution < -0.4 is 5.32 Å². The first-order chi connectivity index (χ1) is 9.81. The molecule has 20 heavy (non-hydrogen) atoms. The minimum absolute atomic E-state index is 0.642. The fraction of sp³-hybridized carbons (Fsp3) is 0.400. The van der Waals surface area contributed by atoms with Crippen molar-refractivity contribution in [3.63, 3.8) is 0 Å². The van der Waals surface area contributed by atoms with Crippen molar-refractivity contribution in [2.45, 2.75) is 6.42 Å². The summed E-state index contributed by atoms with van der Waals surface area (Å²) in [6, 6.07) is 7.71. The highest BCUT2D eigenvalue weighted by Gasteiger charge is 2.02. The van der Waals surface area contributed by atoms with E-state index in [4.69, 9.17) is 21.1 Å². The van der Waals surface area contributed by atoms with Crippen LogP contribution in [0.1, 0.15) is 6.42 Å². The SMILES string of the molecule is COCCOCCCNc1ccnc2cc(Cl)ccc12. The summed E-state index contributed by atoms with van der Waals surface area (Å²) in [6.07, 6.45) is 2.73. The highest BCUT2D eigenvalue weighted by atomic mass is 35.5. The molecule has 0 aliphatic carbocycles. The van der Waals surface area contributed by atoms with Gasteiger partial charge < -0.3 is 14.8 Å². The third kappa shape index (κ3) is 4.34. The first kappa shape index (κ1) is 15.0. The van der Waals surface area contributed by atoms with Gasteiger partial charge in [-0.1, -0.05) is 11.6 Å². The second-order valence-electron chi connectivity index (χ2n) is 4.41. The molecule has 4 nitrogen and oxygen atoms in total. The zero-order valence-corrected chi connectivity index (χ0v) is 12.3. The minimum Gasteiger partial charge on any atom is -0.384 e. The molecule has 2 rings (SSSR count). The van der Waals surface area contributed by atoms with Crippen LogP contribution in [0.25, 0.3) is 10.9 Å². The number of nitrogens with one attached hydrogen (secondary N) is 1. The first-order valence-electron chi connectivity index (χ1n) is 6.66. The molecule has 2 aromatic rings. The van der Waals surface area contributed by atoms with Gasteiger partial charge in [0.2, 0.25) is 0 Å². The van der Waals surface area contributed by atoms with Gasteiger partial charge in [-0.25, -0.2) is 0 Å². The number of hydrogen-bond acceptors (Lipinski definition) is 4. The number of anilines is 1. The summed E-state index contributed by atoms with van der Waals surface area (Å²) >= 11 is 5.97. The summed E-state index contributed by atoms with van der Waals surface area (Å²) in [6.45, 7) is 2.87. The molecule has 0 saturated heterocycles. The molecule has 1 heterocycles. The molecule has 5 heteroatoms. The summed E-state index contributed by atoms with van der Waals surface area (Å²) in [7, 11) is 1.67. The van der Waals surface area contributed by atoms with Gasteiger partial charge in [-0.05, 0) is 30.7 Å². The maximum atomic E-state index is 5.97. The molecule has 0 bridgehead atoms. The standard InChI is InChI=1S/C15H19ClN2O2/c1-19-9-10-20-8-2-6-17-14-5-7-18-15-11-12(16)3-4-13(14)15/h3-5,7,11H,2,6,8-10H2,1H3,(H,17,18). The first-order valence-corrected chi connectivity index (χ1v) is 7.04. The molecule has 0 unspecified atom stereocenters. The second-order valence-corrected chi connectivity index (χ2v) is 4.84. The molecule has 1 aromatic heterocycles. The number of nitrogens with zero attached hydrogens (tertiary/aromatic N) is 1. The van der Waals surface area contributed by atoms with E-state index >= 15 is 0 Å². The lowest BCUT2D eigenvalue weighted by Crippen LogP contribution is -2.08. The Kier molecular flexibility index (Phi) is 6.05. The zero-order valence-electron chi connectivity index (χ0n) is 11.6. The number of benzene rings is 1. The summed E-state index contributed by atoms with van der Waals surface area (Å²) in [5.41, 5.74) is 1.97. The molecular weight excluding hydrogens is 276 g/mol. The molecule has 0 radical (unpaired) electrons. The minimum atomic E-state index is 0.642. The average Bonchev–Trinajstić information content (AvgIpc) is 2.46. The van der Waals surface area contributed by atoms with Crippen LogP contribution in [0.5, 0.6) is 0 Å². The van der Waals surface area contributed by atoms with Crippen molar-refractivity contribution in [1.82, 2.24) is 4.98 Å². The highest BCUT2D eigenvalue weighted by Crippen LogP contribution is 2.24. The monoisotopic (exact) mass is 294 g/mol. The van der Waals surface area contributed by atoms with E-state index in [1.54, 1.807) is 13.3 Å². The number of hydrogen-bond donors (Lipinski definition) is 1. The quantitative estimate of drug-likeness (QED) is 0.758. The van der Waals surface area contributed by atoms with Gasteiger partial charge in [0.25, 0.3) is 0 Å². The Hall–Kier alpha value is -1.36. The van der Waals surface area contributed by atoms with Crippen molar-refractivity contribution in [2.75, 3.05) is 38.8 Å². The predicted molar refractivity (Wildman–Crippen MR) is 82.6 cm³/mol. The van der Waals surface area contributed by atoms with Gasteiger partial charge in [0.15, 0.2) is 0 Å². The van der Waals surface area contributed by atoms with E-state index in [0.717, 1.165) is 36.2 Å². The molecule has 0 aliphatic heterocycles. The van der Waals surface area contributed by atoms with Gasteiger partial charge in [-0.3, -0.25) is 4.98 Å². The fourth-order valence-corrected chi connectivity index (χ4v) is 2.08. The van der Waals surface area contributed by atoms with Crippen LogP contribution in [-0.4, -0.2) is 38.5 Å². The van der Waals surface area contributed by atoms with Crippen molar-refractivity contribution in [3.8, 4) is 0 Å². The van der Waals surface area contributed by atoms with Crippen molar-refractivity contribution < 1.29 is 9.47 Å². The van der Waals surface area contributed by atoms with Crippen molar-refractivity contribution in [3.05, 3.63) is 35.5 Å². The average molecular weight is 295 g/mol. The van der Waals surface area contributed by atoms with Crippen LogP contribution in [0.3, 0.4) is 0 Å². The van der Waals surface area contributed by atoms with Crippen LogP contribution in [0.2, 0.25) is 5.02 Å². The molecule has 1 aromatic carbocycles. The zero-order chi connectivity index (χ0) is 14.2. The Labute approximate surface area is 124 Å². The molecule has 0 fully saturated rings. The van der Waals surface area contributed by atoms with Gasteiger partial charge in [0, 0.05) is 42.6 Å². The Morgan fingerprint density at radius 2 is 2.10 bits per heavy atom. The molecule has 0 aliphatic rings. The van der Waals surface area contributed by atoms with Crippen LogP contribution in [0, 0.1) is 0 Å². The van der Waals surface area contributed by atoms with Crippen LogP contribution in [0.4, 0.5) is 5.69 Å². The third-order valence-electron chi connectivity index (χ3n) is 2.92. The Morgan fingerprint density at radius 1 is 1.20 bits per heavy atom. The number of ether oxygens (including phenoxy) is 2. The Bertz CT molecular complexity index is 548. The van der Waals surface area contributed by atoms with Crippen molar-refractivity contribution >= 4 is 28.2 Å². The molecule has 0 saturated carbocycles. The van der Waals surface area contributed by atoms with E-state index in [-0.39, 0.29) is 0 Å². The molecule has 0 amide bonds. The molecule has 0 atom stereocenters. The largest absolute Gasteiger partial charge is 0.384 e. The third-order valence-corrected chi connectivity index (χ3v) is 3.15. The lowest BCUT2D eigenvalue weighted by molar-refractivity contribution is 0.0705. The van der Waals surface area contributed by atoms with Crippen molar-refractivity contribution in [2.24, 2.45) is 0 Å². The van der Waals surface area contributed by atoms with Gasteiger partial charge >= 0.3 is 0 Å². The van der Waals surface area contributed by atoms with Gasteiger partial charge in [-0.15, -0.1) is 0 Å². The van der Waals surface area contributed by atoms with Crippen LogP contribution >= 0.6 is 11.6 Å². The van der Waals surface area contributed by atoms with E-state index in [9.17, 15) is 0 Å². The normalized spacial score (nSPS) is 10.9. The van der Waals surface area contributed by atoms with Gasteiger partial charge in [-0.2, -0.15) is 0 Å². The van der Waals surface area contributed by atoms with Crippen molar-refractivity contribution in [1.29, 1.82) is 0 Å². The molecule has 1 N–H and O–H groups in total. The van der Waals surface area contributed by atoms with Gasteiger partial charge in [0.1, 0.15) is 0 Å². The number of methoxy groups -OCH3 is 1. The predicted octanol–water partition coefficient (Wildman–Crippen LogP) is 3.35. The topological polar surface area (TPSA) is 43.4 Å². The number of pyridine rings is 1. The smallest absolute Gasteiger partial charge is 0.0737 e. The van der Waals surface area contributed by atoms with E-state index in [2.05, 4.69) is 10.3 Å². The maximum absolute atomic E-state index is 5.97. The Balaban J connectivity index is 1.84. The summed E-state index contributed by atoms with van der Waals surface area (Å²) in [5, 5.41) is 5.19. The van der Waals surface area contributed by atoms with Crippen LogP contribution in [-0.2, 0) is 9.47 Å². The van der Waals surface area contributed by atoms with E-state index in [0.29, 0.717) is 18.2 Å². The van der Waals surface area contributed by atoms with Crippen LogP contribution in [0.15, 0.2) is 30.5 Å². The lowest BCUT2D eigenvalue weighted by Gasteiger charge is -2.09. The maximum Gasteiger partial charge on any atom is 0.0737 e. The number of aromatic nitrogens is 1. The van der Waals surface area contributed by atoms with E-state index in [1.807, 2.05) is 24.3 Å². The number of halogens is 1. The molecule has 0 spiro atoms. The number of rotatable bonds is 8. The fourth-order valence-electron chi connectivity index (χ4n) is 1.92. The molecule has 108 valence electrons. The Morgan fingerprint density at radius 3 is 2.95 bits per heavy atom. The van der Waals surface area contributed by atoms with Gasteiger partial charge in [0.05, 0.1) is 18.7 Å². The van der Waals surface area contributed by atoms with E-state index < -0.39 is 0 Å². The van der Waals surface area contributed by atoms with E-state index in [1.165, 1.54) is 0 Å². The summed E-state index contributed by atoms with van der Waals surface area (Å²) in [4.78, 5) is 4.32. The summed E-state index contributed by atoms with van der Waals surface area (Å²) < 4.78 is 10.3. The molecular formula is C15H19ClN2O2.